The highest BCUT2D eigenvalue weighted by Crippen LogP contribution is 2.09. The Labute approximate surface area is 135 Å². The van der Waals surface area contributed by atoms with Crippen molar-refractivity contribution in [1.82, 2.24) is 20.2 Å². The summed E-state index contributed by atoms with van der Waals surface area (Å²) >= 11 is 0. The van der Waals surface area contributed by atoms with Crippen LogP contribution in [0.5, 0.6) is 0 Å². The fraction of sp³-hybridized carbons (Fsp3) is 0.294. The highest BCUT2D eigenvalue weighted by Gasteiger charge is 2.12. The third kappa shape index (κ3) is 4.60. The Kier molecular flexibility index (Phi) is 5.80. The highest BCUT2D eigenvalue weighted by atomic mass is 16.2. The lowest BCUT2D eigenvalue weighted by atomic mass is 10.3. The first-order chi connectivity index (χ1) is 11.1. The summed E-state index contributed by atoms with van der Waals surface area (Å²) in [6.07, 6.45) is 4.65. The first-order valence-electron chi connectivity index (χ1n) is 7.59. The molecule has 1 heterocycles. The molecule has 120 valence electrons. The fourth-order valence-corrected chi connectivity index (χ4v) is 2.09. The van der Waals surface area contributed by atoms with E-state index in [2.05, 4.69) is 15.3 Å². The zero-order valence-corrected chi connectivity index (χ0v) is 13.3. The molecule has 1 aromatic carbocycles. The molecule has 1 N–H and O–H groups in total. The maximum atomic E-state index is 12.2. The molecule has 23 heavy (non-hydrogen) atoms. The number of carbonyl (C=O) groups is 2. The third-order valence-corrected chi connectivity index (χ3v) is 3.27. The molecule has 0 saturated carbocycles. The number of hydrogen-bond donors (Lipinski definition) is 1. The van der Waals surface area contributed by atoms with E-state index in [0.717, 1.165) is 11.0 Å². The number of benzene rings is 1. The van der Waals surface area contributed by atoms with E-state index in [1.54, 1.807) is 12.3 Å². The molecule has 0 unspecified atom stereocenters. The minimum absolute atomic E-state index is 0.0525. The van der Waals surface area contributed by atoms with Crippen LogP contribution in [0.4, 0.5) is 0 Å². The van der Waals surface area contributed by atoms with Gasteiger partial charge in [0.25, 0.3) is 0 Å². The summed E-state index contributed by atoms with van der Waals surface area (Å²) in [5.41, 5.74) is 2.19. The fourth-order valence-electron chi connectivity index (χ4n) is 2.09. The SMILES string of the molecule is CCNC(=O)CN(CC)C(=O)/C=C\c1cnc2ccccc2n1. The molecule has 0 bridgehead atoms. The van der Waals surface area contributed by atoms with Crippen molar-refractivity contribution in [3.8, 4) is 0 Å². The summed E-state index contributed by atoms with van der Waals surface area (Å²) in [6, 6.07) is 7.54. The lowest BCUT2D eigenvalue weighted by Crippen LogP contribution is -2.39. The van der Waals surface area contributed by atoms with E-state index >= 15 is 0 Å². The van der Waals surface area contributed by atoms with E-state index in [0.29, 0.717) is 18.8 Å². The van der Waals surface area contributed by atoms with Crippen molar-refractivity contribution in [1.29, 1.82) is 0 Å². The number of hydrogen-bond acceptors (Lipinski definition) is 4. The van der Waals surface area contributed by atoms with Crippen LogP contribution < -0.4 is 5.32 Å². The molecule has 0 fully saturated rings. The van der Waals surface area contributed by atoms with Crippen molar-refractivity contribution in [3.63, 3.8) is 0 Å². The van der Waals surface area contributed by atoms with Gasteiger partial charge in [-0.25, -0.2) is 4.98 Å². The summed E-state index contributed by atoms with van der Waals surface area (Å²) in [6.45, 7) is 4.74. The van der Waals surface area contributed by atoms with Gasteiger partial charge in [0.2, 0.25) is 11.8 Å². The molecule has 2 amide bonds. The molecule has 0 saturated heterocycles. The highest BCUT2D eigenvalue weighted by molar-refractivity contribution is 5.94. The van der Waals surface area contributed by atoms with Crippen LogP contribution in [0.15, 0.2) is 36.5 Å². The van der Waals surface area contributed by atoms with Gasteiger partial charge in [-0.15, -0.1) is 0 Å². The van der Waals surface area contributed by atoms with Crippen LogP contribution in [0.1, 0.15) is 19.5 Å². The van der Waals surface area contributed by atoms with Crippen LogP contribution >= 0.6 is 0 Å². The van der Waals surface area contributed by atoms with Crippen molar-refractivity contribution in [2.24, 2.45) is 0 Å². The molecule has 0 aliphatic heterocycles. The molecule has 6 heteroatoms. The van der Waals surface area contributed by atoms with Gasteiger partial charge in [0, 0.05) is 19.2 Å². The summed E-state index contributed by atoms with van der Waals surface area (Å²) in [5.74, 6) is -0.393. The second kappa shape index (κ2) is 8.03. The van der Waals surface area contributed by atoms with Crippen molar-refractivity contribution >= 4 is 28.9 Å². The lowest BCUT2D eigenvalue weighted by molar-refractivity contribution is -0.132. The second-order valence-electron chi connectivity index (χ2n) is 4.92. The first-order valence-corrected chi connectivity index (χ1v) is 7.59. The predicted molar refractivity (Wildman–Crippen MR) is 89.5 cm³/mol. The van der Waals surface area contributed by atoms with E-state index in [4.69, 9.17) is 0 Å². The number of likely N-dealkylation sites (N-methyl/N-ethyl adjacent to an activating group) is 2. The Bertz CT molecular complexity index is 727. The van der Waals surface area contributed by atoms with Crippen molar-refractivity contribution < 1.29 is 9.59 Å². The van der Waals surface area contributed by atoms with Gasteiger partial charge in [0.1, 0.15) is 0 Å². The molecule has 0 radical (unpaired) electrons. The molecular weight excluding hydrogens is 292 g/mol. The van der Waals surface area contributed by atoms with Gasteiger partial charge in [-0.2, -0.15) is 0 Å². The number of amides is 2. The Balaban J connectivity index is 2.07. The van der Waals surface area contributed by atoms with Crippen LogP contribution in [0.25, 0.3) is 17.1 Å². The molecule has 6 nitrogen and oxygen atoms in total. The van der Waals surface area contributed by atoms with Gasteiger partial charge in [-0.3, -0.25) is 14.6 Å². The quantitative estimate of drug-likeness (QED) is 0.823. The number of para-hydroxylation sites is 2. The van der Waals surface area contributed by atoms with Crippen LogP contribution in [-0.2, 0) is 9.59 Å². The largest absolute Gasteiger partial charge is 0.355 e. The Morgan fingerprint density at radius 3 is 2.65 bits per heavy atom. The van der Waals surface area contributed by atoms with E-state index < -0.39 is 0 Å². The van der Waals surface area contributed by atoms with Gasteiger partial charge in [0.15, 0.2) is 0 Å². The average Bonchev–Trinajstić information content (AvgIpc) is 2.57. The van der Waals surface area contributed by atoms with Gasteiger partial charge in [0.05, 0.1) is 29.5 Å². The lowest BCUT2D eigenvalue weighted by Gasteiger charge is -2.18. The summed E-state index contributed by atoms with van der Waals surface area (Å²) in [7, 11) is 0. The maximum absolute atomic E-state index is 12.2. The van der Waals surface area contributed by atoms with Crippen LogP contribution in [-0.4, -0.2) is 46.3 Å². The molecule has 2 rings (SSSR count). The topological polar surface area (TPSA) is 75.2 Å². The molecule has 2 aromatic rings. The minimum atomic E-state index is -0.228. The zero-order chi connectivity index (χ0) is 16.7. The Morgan fingerprint density at radius 2 is 1.96 bits per heavy atom. The van der Waals surface area contributed by atoms with Gasteiger partial charge < -0.3 is 10.2 Å². The van der Waals surface area contributed by atoms with Gasteiger partial charge >= 0.3 is 0 Å². The predicted octanol–water partition coefficient (Wildman–Crippen LogP) is 1.63. The number of nitrogens with one attached hydrogen (secondary N) is 1. The summed E-state index contributed by atoms with van der Waals surface area (Å²) < 4.78 is 0. The zero-order valence-electron chi connectivity index (χ0n) is 13.3. The number of carbonyl (C=O) groups excluding carboxylic acids is 2. The van der Waals surface area contributed by atoms with Gasteiger partial charge in [-0.05, 0) is 32.1 Å². The average molecular weight is 312 g/mol. The van der Waals surface area contributed by atoms with Crippen molar-refractivity contribution in [2.45, 2.75) is 13.8 Å². The molecule has 0 spiro atoms. The van der Waals surface area contributed by atoms with E-state index in [1.807, 2.05) is 38.1 Å². The molecular formula is C17H20N4O2. The number of nitrogens with zero attached hydrogens (tertiary/aromatic N) is 3. The smallest absolute Gasteiger partial charge is 0.247 e. The van der Waals surface area contributed by atoms with E-state index in [9.17, 15) is 9.59 Å². The van der Waals surface area contributed by atoms with Crippen molar-refractivity contribution in [2.75, 3.05) is 19.6 Å². The number of rotatable bonds is 6. The maximum Gasteiger partial charge on any atom is 0.247 e. The summed E-state index contributed by atoms with van der Waals surface area (Å²) in [5, 5.41) is 2.68. The van der Waals surface area contributed by atoms with Gasteiger partial charge in [-0.1, -0.05) is 12.1 Å². The van der Waals surface area contributed by atoms with E-state index in [-0.39, 0.29) is 18.4 Å². The second-order valence-corrected chi connectivity index (χ2v) is 4.92. The molecule has 0 atom stereocenters. The van der Waals surface area contributed by atoms with Crippen LogP contribution in [0.2, 0.25) is 0 Å². The normalized spacial score (nSPS) is 10.9. The number of aromatic nitrogens is 2. The van der Waals surface area contributed by atoms with Crippen LogP contribution in [0.3, 0.4) is 0 Å². The monoisotopic (exact) mass is 312 g/mol. The van der Waals surface area contributed by atoms with E-state index in [1.165, 1.54) is 11.0 Å². The Morgan fingerprint density at radius 1 is 1.22 bits per heavy atom. The minimum Gasteiger partial charge on any atom is -0.355 e. The molecule has 1 aromatic heterocycles. The van der Waals surface area contributed by atoms with Crippen LogP contribution in [0, 0.1) is 0 Å². The standard InChI is InChI=1S/C17H20N4O2/c1-3-18-16(22)12-21(4-2)17(23)10-9-13-11-19-14-7-5-6-8-15(14)20-13/h5-11H,3-4,12H2,1-2H3,(H,18,22)/b10-9-. The van der Waals surface area contributed by atoms with Crippen molar-refractivity contribution in [3.05, 3.63) is 42.2 Å². The molecule has 0 aliphatic rings. The first kappa shape index (κ1) is 16.6. The summed E-state index contributed by atoms with van der Waals surface area (Å²) in [4.78, 5) is 33.9. The molecule has 0 aliphatic carbocycles. The third-order valence-electron chi connectivity index (χ3n) is 3.27. The Hall–Kier alpha value is -2.76. The number of fused-ring (bicyclic) bond motifs is 1.